The molecule has 1 fully saturated rings. The van der Waals surface area contributed by atoms with E-state index in [0.29, 0.717) is 36.5 Å². The molecule has 1 aromatic carbocycles. The second-order valence-electron chi connectivity index (χ2n) is 7.88. The van der Waals surface area contributed by atoms with Gasteiger partial charge in [0, 0.05) is 26.2 Å². The Morgan fingerprint density at radius 3 is 2.82 bits per heavy atom. The third-order valence-electron chi connectivity index (χ3n) is 4.84. The summed E-state index contributed by atoms with van der Waals surface area (Å²) in [6.45, 7) is 11.3. The molecule has 7 nitrogen and oxygen atoms in total. The molecule has 0 spiro atoms. The summed E-state index contributed by atoms with van der Waals surface area (Å²) in [4.78, 5) is 21.5. The van der Waals surface area contributed by atoms with Crippen LogP contribution in [0.1, 0.15) is 43.6 Å². The van der Waals surface area contributed by atoms with Crippen molar-refractivity contribution < 1.29 is 14.1 Å². The SMILES string of the molecule is Cc1cccc(OCC(=O)N2CCCN(CC(C)C)C(c3nc(C)no3)C2)c1. The average molecular weight is 386 g/mol. The molecule has 1 atom stereocenters. The number of nitrogens with zero attached hydrogens (tertiary/aromatic N) is 4. The minimum atomic E-state index is -0.0889. The zero-order chi connectivity index (χ0) is 20.1. The van der Waals surface area contributed by atoms with Crippen LogP contribution in [0.15, 0.2) is 28.8 Å². The summed E-state index contributed by atoms with van der Waals surface area (Å²) in [5.74, 6) is 2.41. The highest BCUT2D eigenvalue weighted by atomic mass is 16.5. The van der Waals surface area contributed by atoms with Gasteiger partial charge >= 0.3 is 0 Å². The number of amides is 1. The maximum atomic E-state index is 12.8. The number of benzene rings is 1. The van der Waals surface area contributed by atoms with Crippen LogP contribution in [0.3, 0.4) is 0 Å². The van der Waals surface area contributed by atoms with Crippen LogP contribution in [-0.2, 0) is 4.79 Å². The van der Waals surface area contributed by atoms with Crippen molar-refractivity contribution in [2.75, 3.05) is 32.8 Å². The molecule has 3 rings (SSSR count). The standard InChI is InChI=1S/C21H30N4O3/c1-15(2)12-24-9-6-10-25(13-19(24)21-22-17(4)23-28-21)20(26)14-27-18-8-5-7-16(3)11-18/h5,7-8,11,15,19H,6,9-10,12-14H2,1-4H3. The van der Waals surface area contributed by atoms with Gasteiger partial charge in [0.05, 0.1) is 0 Å². The van der Waals surface area contributed by atoms with Gasteiger partial charge in [0.1, 0.15) is 11.8 Å². The molecule has 1 amide bonds. The lowest BCUT2D eigenvalue weighted by molar-refractivity contribution is -0.133. The van der Waals surface area contributed by atoms with Crippen LogP contribution in [0.2, 0.25) is 0 Å². The molecule has 1 saturated heterocycles. The van der Waals surface area contributed by atoms with Gasteiger partial charge in [-0.15, -0.1) is 0 Å². The molecule has 1 unspecified atom stereocenters. The van der Waals surface area contributed by atoms with Crippen molar-refractivity contribution in [2.24, 2.45) is 5.92 Å². The van der Waals surface area contributed by atoms with Crippen LogP contribution in [0, 0.1) is 19.8 Å². The van der Waals surface area contributed by atoms with Crippen LogP contribution < -0.4 is 4.74 Å². The first kappa shape index (κ1) is 20.3. The van der Waals surface area contributed by atoms with Gasteiger partial charge in [-0.25, -0.2) is 0 Å². The monoisotopic (exact) mass is 386 g/mol. The van der Waals surface area contributed by atoms with E-state index < -0.39 is 0 Å². The van der Waals surface area contributed by atoms with Gasteiger partial charge in [0.25, 0.3) is 5.91 Å². The van der Waals surface area contributed by atoms with Crippen LogP contribution in [-0.4, -0.2) is 58.6 Å². The van der Waals surface area contributed by atoms with Gasteiger partial charge in [-0.2, -0.15) is 4.98 Å². The number of carbonyl (C=O) groups is 1. The summed E-state index contributed by atoms with van der Waals surface area (Å²) in [5, 5.41) is 3.95. The highest BCUT2D eigenvalue weighted by Gasteiger charge is 2.32. The fourth-order valence-corrected chi connectivity index (χ4v) is 3.57. The van der Waals surface area contributed by atoms with E-state index in [4.69, 9.17) is 9.26 Å². The van der Waals surface area contributed by atoms with Gasteiger partial charge in [0.2, 0.25) is 5.89 Å². The minimum absolute atomic E-state index is 0.0193. The Morgan fingerprint density at radius 1 is 1.32 bits per heavy atom. The first-order chi connectivity index (χ1) is 13.4. The number of aryl methyl sites for hydroxylation is 2. The van der Waals surface area contributed by atoms with E-state index in [0.717, 1.165) is 25.1 Å². The first-order valence-corrected chi connectivity index (χ1v) is 9.94. The van der Waals surface area contributed by atoms with Gasteiger partial charge in [-0.3, -0.25) is 9.69 Å². The molecule has 28 heavy (non-hydrogen) atoms. The molecule has 1 aliphatic rings. The molecule has 152 valence electrons. The first-order valence-electron chi connectivity index (χ1n) is 9.94. The Kier molecular flexibility index (Phi) is 6.67. The zero-order valence-electron chi connectivity index (χ0n) is 17.2. The molecule has 1 aromatic heterocycles. The van der Waals surface area contributed by atoms with Crippen molar-refractivity contribution in [3.05, 3.63) is 41.5 Å². The second-order valence-corrected chi connectivity index (χ2v) is 7.88. The molecule has 1 aliphatic heterocycles. The van der Waals surface area contributed by atoms with Crippen molar-refractivity contribution in [3.8, 4) is 5.75 Å². The molecule has 0 bridgehead atoms. The molecular formula is C21H30N4O3. The lowest BCUT2D eigenvalue weighted by atomic mass is 10.1. The maximum Gasteiger partial charge on any atom is 0.260 e. The van der Waals surface area contributed by atoms with E-state index in [2.05, 4.69) is 28.9 Å². The smallest absolute Gasteiger partial charge is 0.260 e. The van der Waals surface area contributed by atoms with Crippen LogP contribution in [0.5, 0.6) is 5.75 Å². The Morgan fingerprint density at radius 2 is 2.14 bits per heavy atom. The third-order valence-corrected chi connectivity index (χ3v) is 4.84. The van der Waals surface area contributed by atoms with E-state index in [1.807, 2.05) is 43.0 Å². The zero-order valence-corrected chi connectivity index (χ0v) is 17.2. The van der Waals surface area contributed by atoms with E-state index in [-0.39, 0.29) is 18.6 Å². The number of hydrogen-bond acceptors (Lipinski definition) is 6. The van der Waals surface area contributed by atoms with Crippen molar-refractivity contribution in [2.45, 2.75) is 40.2 Å². The summed E-state index contributed by atoms with van der Waals surface area (Å²) in [5.41, 5.74) is 1.11. The third kappa shape index (κ3) is 5.32. The molecular weight excluding hydrogens is 356 g/mol. The van der Waals surface area contributed by atoms with E-state index in [1.165, 1.54) is 0 Å². The average Bonchev–Trinajstić information content (AvgIpc) is 2.96. The number of aromatic nitrogens is 2. The normalized spacial score (nSPS) is 18.3. The predicted molar refractivity (Wildman–Crippen MR) is 106 cm³/mol. The van der Waals surface area contributed by atoms with Crippen LogP contribution >= 0.6 is 0 Å². The molecule has 2 heterocycles. The topological polar surface area (TPSA) is 71.7 Å². The maximum absolute atomic E-state index is 12.8. The Bertz CT molecular complexity index is 789. The largest absolute Gasteiger partial charge is 0.484 e. The Balaban J connectivity index is 1.70. The van der Waals surface area contributed by atoms with Crippen LogP contribution in [0.4, 0.5) is 0 Å². The predicted octanol–water partition coefficient (Wildman–Crippen LogP) is 3.00. The fourth-order valence-electron chi connectivity index (χ4n) is 3.57. The number of carbonyl (C=O) groups excluding carboxylic acids is 1. The molecule has 0 aliphatic carbocycles. The molecule has 2 aromatic rings. The summed E-state index contributed by atoms with van der Waals surface area (Å²) >= 11 is 0. The Hall–Kier alpha value is -2.41. The summed E-state index contributed by atoms with van der Waals surface area (Å²) < 4.78 is 11.2. The highest BCUT2D eigenvalue weighted by Crippen LogP contribution is 2.25. The highest BCUT2D eigenvalue weighted by molar-refractivity contribution is 5.77. The summed E-state index contributed by atoms with van der Waals surface area (Å²) in [6, 6.07) is 7.65. The molecule has 0 radical (unpaired) electrons. The lowest BCUT2D eigenvalue weighted by Crippen LogP contribution is -2.40. The molecule has 7 heteroatoms. The quantitative estimate of drug-likeness (QED) is 0.760. The molecule has 0 saturated carbocycles. The fraction of sp³-hybridized carbons (Fsp3) is 0.571. The van der Waals surface area contributed by atoms with Gasteiger partial charge in [-0.1, -0.05) is 31.1 Å². The Labute approximate surface area is 166 Å². The van der Waals surface area contributed by atoms with Gasteiger partial charge in [0.15, 0.2) is 12.4 Å². The van der Waals surface area contributed by atoms with Crippen molar-refractivity contribution >= 4 is 5.91 Å². The van der Waals surface area contributed by atoms with Crippen LogP contribution in [0.25, 0.3) is 0 Å². The van der Waals surface area contributed by atoms with Gasteiger partial charge < -0.3 is 14.2 Å². The number of rotatable bonds is 6. The van der Waals surface area contributed by atoms with Crippen molar-refractivity contribution in [3.63, 3.8) is 0 Å². The second kappa shape index (κ2) is 9.19. The van der Waals surface area contributed by atoms with Crippen molar-refractivity contribution in [1.29, 1.82) is 0 Å². The van der Waals surface area contributed by atoms with E-state index in [9.17, 15) is 4.79 Å². The number of hydrogen-bond donors (Lipinski definition) is 0. The minimum Gasteiger partial charge on any atom is -0.484 e. The number of ether oxygens (including phenoxy) is 1. The van der Waals surface area contributed by atoms with E-state index >= 15 is 0 Å². The lowest BCUT2D eigenvalue weighted by Gasteiger charge is -2.30. The molecule has 0 N–H and O–H groups in total. The van der Waals surface area contributed by atoms with Gasteiger partial charge in [-0.05, 0) is 43.9 Å². The van der Waals surface area contributed by atoms with Crippen molar-refractivity contribution in [1.82, 2.24) is 19.9 Å². The summed E-state index contributed by atoms with van der Waals surface area (Å²) in [6.07, 6.45) is 0.909. The summed E-state index contributed by atoms with van der Waals surface area (Å²) in [7, 11) is 0. The van der Waals surface area contributed by atoms with E-state index in [1.54, 1.807) is 0 Å².